The lowest BCUT2D eigenvalue weighted by Crippen LogP contribution is -2.24. The fraction of sp³-hybridized carbons (Fsp3) is 0.667. The molecule has 0 spiro atoms. The van der Waals surface area contributed by atoms with Gasteiger partial charge in [-0.1, -0.05) is 34.1 Å². The number of carboxylic acids is 2. The second-order valence-corrected chi connectivity index (χ2v) is 4.82. The van der Waals surface area contributed by atoms with Crippen LogP contribution >= 0.6 is 0 Å². The molecule has 0 rings (SSSR count). The van der Waals surface area contributed by atoms with Gasteiger partial charge in [0.2, 0.25) is 0 Å². The van der Waals surface area contributed by atoms with Crippen molar-refractivity contribution in [3.8, 4) is 0 Å². The first-order valence-corrected chi connectivity index (χ1v) is 5.72. The second-order valence-electron chi connectivity index (χ2n) is 4.82. The van der Waals surface area contributed by atoms with Crippen LogP contribution in [0.3, 0.4) is 0 Å². The Morgan fingerprint density at radius 3 is 2.00 bits per heavy atom. The van der Waals surface area contributed by atoms with Crippen molar-refractivity contribution >= 4 is 11.9 Å². The Morgan fingerprint density at radius 1 is 1.11 bits per heavy atom. The zero-order valence-corrected chi connectivity index (χ0v) is 11.1. The summed E-state index contributed by atoms with van der Waals surface area (Å²) in [6.45, 7) is 6.93. The van der Waals surface area contributed by atoms with Crippen LogP contribution in [0.25, 0.3) is 0 Å². The summed E-state index contributed by atoms with van der Waals surface area (Å²) in [6, 6.07) is 0. The van der Waals surface area contributed by atoms with Gasteiger partial charge in [-0.15, -0.1) is 0 Å². The number of carbonyl (C=O) groups is 2. The van der Waals surface area contributed by atoms with Gasteiger partial charge in [0.05, 0.1) is 12.2 Å². The maximum absolute atomic E-state index is 11.1. The van der Waals surface area contributed by atoms with Crippen LogP contribution in [-0.2, 0) is 19.4 Å². The van der Waals surface area contributed by atoms with Crippen LogP contribution in [0.5, 0.6) is 0 Å². The molecule has 2 N–H and O–H groups in total. The third kappa shape index (κ3) is 5.18. The Kier molecular flexibility index (Phi) is 6.40. The fourth-order valence-corrected chi connectivity index (χ4v) is 1.25. The van der Waals surface area contributed by atoms with Gasteiger partial charge in [0.1, 0.15) is 0 Å². The highest BCUT2D eigenvalue weighted by molar-refractivity contribution is 5.98. The predicted octanol–water partition coefficient (Wildman–Crippen LogP) is 2.20. The molecule has 0 saturated carbocycles. The van der Waals surface area contributed by atoms with Crippen molar-refractivity contribution in [3.05, 3.63) is 11.3 Å². The van der Waals surface area contributed by atoms with E-state index < -0.39 is 23.1 Å². The van der Waals surface area contributed by atoms with Gasteiger partial charge in [-0.2, -0.15) is 4.89 Å². The monoisotopic (exact) mass is 260 g/mol. The molecule has 0 fully saturated rings. The molecule has 0 unspecified atom stereocenters. The summed E-state index contributed by atoms with van der Waals surface area (Å²) in [6.07, 6.45) is 1.56. The zero-order chi connectivity index (χ0) is 14.3. The number of carboxylic acid groups (broad SMARTS) is 2. The van der Waals surface area contributed by atoms with E-state index in [1.54, 1.807) is 20.8 Å². The maximum Gasteiger partial charge on any atom is 0.375 e. The molecule has 0 heterocycles. The van der Waals surface area contributed by atoms with Crippen molar-refractivity contribution in [1.82, 2.24) is 0 Å². The van der Waals surface area contributed by atoms with Gasteiger partial charge in [-0.25, -0.2) is 9.59 Å². The molecular formula is C12H20O6. The van der Waals surface area contributed by atoms with E-state index in [2.05, 4.69) is 4.89 Å². The lowest BCUT2D eigenvalue weighted by atomic mass is 9.85. The average Bonchev–Trinajstić information content (AvgIpc) is 2.19. The Labute approximate surface area is 106 Å². The molecule has 0 amide bonds. The highest BCUT2D eigenvalue weighted by Gasteiger charge is 2.33. The van der Waals surface area contributed by atoms with E-state index in [0.29, 0.717) is 6.42 Å². The van der Waals surface area contributed by atoms with Gasteiger partial charge in [-0.3, -0.25) is 0 Å². The molecular weight excluding hydrogens is 240 g/mol. The van der Waals surface area contributed by atoms with E-state index in [4.69, 9.17) is 15.1 Å². The largest absolute Gasteiger partial charge is 0.478 e. The Morgan fingerprint density at radius 2 is 1.67 bits per heavy atom. The summed E-state index contributed by atoms with van der Waals surface area (Å²) >= 11 is 0. The Hall–Kier alpha value is -1.56. The number of unbranched alkanes of at least 4 members (excludes halogenated alkanes) is 1. The number of rotatable bonds is 7. The summed E-state index contributed by atoms with van der Waals surface area (Å²) in [4.78, 5) is 31.5. The van der Waals surface area contributed by atoms with Crippen molar-refractivity contribution in [1.29, 1.82) is 0 Å². The Balaban J connectivity index is 5.12. The van der Waals surface area contributed by atoms with E-state index in [1.165, 1.54) is 0 Å². The van der Waals surface area contributed by atoms with Gasteiger partial charge in [-0.05, 0) is 11.8 Å². The summed E-state index contributed by atoms with van der Waals surface area (Å²) in [5.41, 5.74) is -1.19. The lowest BCUT2D eigenvalue weighted by Gasteiger charge is -2.20. The van der Waals surface area contributed by atoms with Crippen LogP contribution in [0.4, 0.5) is 0 Å². The SMILES string of the molecule is CCCCOOC(C(=O)O)=C(C(=O)O)C(C)(C)C. The minimum absolute atomic E-state index is 0.213. The summed E-state index contributed by atoms with van der Waals surface area (Å²) in [5, 5.41) is 18.1. The smallest absolute Gasteiger partial charge is 0.375 e. The van der Waals surface area contributed by atoms with E-state index in [9.17, 15) is 9.59 Å². The Bertz CT molecular complexity index is 337. The molecule has 0 aromatic heterocycles. The van der Waals surface area contributed by atoms with E-state index in [1.807, 2.05) is 6.92 Å². The van der Waals surface area contributed by atoms with Crippen LogP contribution < -0.4 is 0 Å². The van der Waals surface area contributed by atoms with Crippen LogP contribution in [0.1, 0.15) is 40.5 Å². The molecule has 0 aromatic carbocycles. The number of hydrogen-bond acceptors (Lipinski definition) is 4. The van der Waals surface area contributed by atoms with Gasteiger partial charge in [0.25, 0.3) is 5.76 Å². The molecule has 0 aromatic rings. The molecule has 6 nitrogen and oxygen atoms in total. The van der Waals surface area contributed by atoms with E-state index in [-0.39, 0.29) is 12.2 Å². The molecule has 0 radical (unpaired) electrons. The van der Waals surface area contributed by atoms with Crippen LogP contribution in [0.2, 0.25) is 0 Å². The molecule has 0 aliphatic carbocycles. The molecule has 18 heavy (non-hydrogen) atoms. The van der Waals surface area contributed by atoms with Gasteiger partial charge in [0, 0.05) is 0 Å². The lowest BCUT2D eigenvalue weighted by molar-refractivity contribution is -0.265. The zero-order valence-electron chi connectivity index (χ0n) is 11.1. The van der Waals surface area contributed by atoms with Gasteiger partial charge in [0.15, 0.2) is 0 Å². The summed E-state index contributed by atoms with van der Waals surface area (Å²) < 4.78 is 0. The minimum Gasteiger partial charge on any atom is -0.478 e. The fourth-order valence-electron chi connectivity index (χ4n) is 1.25. The maximum atomic E-state index is 11.1. The first-order chi connectivity index (χ1) is 8.21. The van der Waals surface area contributed by atoms with Crippen molar-refractivity contribution < 1.29 is 29.6 Å². The normalized spacial score (nSPS) is 12.9. The predicted molar refractivity (Wildman–Crippen MR) is 63.7 cm³/mol. The highest BCUT2D eigenvalue weighted by Crippen LogP contribution is 2.29. The number of hydrogen-bond donors (Lipinski definition) is 2. The van der Waals surface area contributed by atoms with Crippen molar-refractivity contribution in [2.45, 2.75) is 40.5 Å². The molecule has 0 aliphatic heterocycles. The average molecular weight is 260 g/mol. The minimum atomic E-state index is -1.46. The molecule has 0 atom stereocenters. The standard InChI is InChI=1S/C12H20O6/c1-5-6-7-17-18-9(11(15)16)8(10(13)14)12(2,3)4/h5-7H2,1-4H3,(H,13,14)(H,15,16). The van der Waals surface area contributed by atoms with E-state index >= 15 is 0 Å². The summed E-state index contributed by atoms with van der Waals surface area (Å²) in [5.74, 6) is -3.47. The number of aliphatic carboxylic acids is 2. The first-order valence-electron chi connectivity index (χ1n) is 5.72. The third-order valence-electron chi connectivity index (χ3n) is 2.11. The second kappa shape index (κ2) is 7.00. The first kappa shape index (κ1) is 16.4. The van der Waals surface area contributed by atoms with Gasteiger partial charge < -0.3 is 15.1 Å². The molecule has 0 aliphatic rings. The van der Waals surface area contributed by atoms with Gasteiger partial charge >= 0.3 is 11.9 Å². The molecule has 6 heteroatoms. The quantitative estimate of drug-likeness (QED) is 0.240. The van der Waals surface area contributed by atoms with Crippen molar-refractivity contribution in [2.24, 2.45) is 5.41 Å². The highest BCUT2D eigenvalue weighted by atomic mass is 17.2. The third-order valence-corrected chi connectivity index (χ3v) is 2.11. The topological polar surface area (TPSA) is 93.1 Å². The van der Waals surface area contributed by atoms with Crippen LogP contribution in [-0.4, -0.2) is 28.8 Å². The van der Waals surface area contributed by atoms with Crippen molar-refractivity contribution in [2.75, 3.05) is 6.61 Å². The molecule has 0 saturated heterocycles. The van der Waals surface area contributed by atoms with Crippen LogP contribution in [0, 0.1) is 5.41 Å². The van der Waals surface area contributed by atoms with E-state index in [0.717, 1.165) is 6.42 Å². The molecule has 104 valence electrons. The van der Waals surface area contributed by atoms with Crippen molar-refractivity contribution in [3.63, 3.8) is 0 Å². The molecule has 0 bridgehead atoms. The van der Waals surface area contributed by atoms with Crippen LogP contribution in [0.15, 0.2) is 11.3 Å². The summed E-state index contributed by atoms with van der Waals surface area (Å²) in [7, 11) is 0.